The molecule has 0 aliphatic rings. The van der Waals surface area contributed by atoms with Crippen LogP contribution < -0.4 is 0 Å². The van der Waals surface area contributed by atoms with Crippen molar-refractivity contribution in [1.29, 1.82) is 5.26 Å². The molecule has 4 heteroatoms. The van der Waals surface area contributed by atoms with Crippen LogP contribution in [0.5, 0.6) is 0 Å². The molecular formula is C19H22ClN3. The predicted molar refractivity (Wildman–Crippen MR) is 93.6 cm³/mol. The van der Waals surface area contributed by atoms with Crippen molar-refractivity contribution in [3.05, 3.63) is 58.1 Å². The second kappa shape index (κ2) is 6.29. The zero-order valence-electron chi connectivity index (χ0n) is 14.3. The van der Waals surface area contributed by atoms with Crippen molar-refractivity contribution in [2.24, 2.45) is 0 Å². The van der Waals surface area contributed by atoms with Crippen LogP contribution in [-0.2, 0) is 17.3 Å². The maximum atomic E-state index is 9.02. The fourth-order valence-electron chi connectivity index (χ4n) is 2.45. The summed E-state index contributed by atoms with van der Waals surface area (Å²) in [5.74, 6) is 0. The van der Waals surface area contributed by atoms with Crippen molar-refractivity contribution in [3.8, 4) is 6.07 Å². The molecule has 2 rings (SSSR count). The topological polar surface area (TPSA) is 49.6 Å². The third kappa shape index (κ3) is 4.09. The highest BCUT2D eigenvalue weighted by Crippen LogP contribution is 2.30. The Balaban J connectivity index is 2.32. The standard InChI is InChI=1S/C19H22ClN3/c1-18(2,3)15-10-9-13(17(20)23-15)11-19(4,5)16-8-6-7-14(12-21)22-16/h6-10H,11H2,1-5H3. The zero-order valence-corrected chi connectivity index (χ0v) is 15.1. The monoisotopic (exact) mass is 327 g/mol. The molecule has 120 valence electrons. The first kappa shape index (κ1) is 17.4. The summed E-state index contributed by atoms with van der Waals surface area (Å²) in [6.45, 7) is 10.6. The summed E-state index contributed by atoms with van der Waals surface area (Å²) >= 11 is 6.40. The van der Waals surface area contributed by atoms with E-state index in [2.05, 4.69) is 50.7 Å². The Morgan fingerprint density at radius 1 is 1.00 bits per heavy atom. The van der Waals surface area contributed by atoms with Crippen molar-refractivity contribution in [2.75, 3.05) is 0 Å². The molecule has 0 aliphatic heterocycles. The van der Waals surface area contributed by atoms with Crippen LogP contribution in [0.25, 0.3) is 0 Å². The summed E-state index contributed by atoms with van der Waals surface area (Å²) in [6, 6.07) is 11.7. The van der Waals surface area contributed by atoms with Crippen LogP contribution in [0.3, 0.4) is 0 Å². The molecule has 0 unspecified atom stereocenters. The lowest BCUT2D eigenvalue weighted by Crippen LogP contribution is -2.23. The molecule has 0 fully saturated rings. The average Bonchev–Trinajstić information content (AvgIpc) is 2.48. The average molecular weight is 328 g/mol. The zero-order chi connectivity index (χ0) is 17.3. The first-order valence-electron chi connectivity index (χ1n) is 7.67. The molecule has 0 aliphatic carbocycles. The summed E-state index contributed by atoms with van der Waals surface area (Å²) in [5.41, 5.74) is 3.03. The molecule has 2 heterocycles. The van der Waals surface area contributed by atoms with Crippen LogP contribution in [-0.4, -0.2) is 9.97 Å². The lowest BCUT2D eigenvalue weighted by molar-refractivity contribution is 0.503. The number of pyridine rings is 2. The number of nitrogens with zero attached hydrogens (tertiary/aromatic N) is 3. The Morgan fingerprint density at radius 2 is 1.70 bits per heavy atom. The quantitative estimate of drug-likeness (QED) is 0.759. The van der Waals surface area contributed by atoms with Crippen molar-refractivity contribution < 1.29 is 0 Å². The van der Waals surface area contributed by atoms with Crippen molar-refractivity contribution >= 4 is 11.6 Å². The molecule has 0 N–H and O–H groups in total. The fraction of sp³-hybridized carbons (Fsp3) is 0.421. The van der Waals surface area contributed by atoms with E-state index in [0.29, 0.717) is 17.3 Å². The summed E-state index contributed by atoms with van der Waals surface area (Å²) in [6.07, 6.45) is 0.713. The SMILES string of the molecule is CC(C)(C)c1ccc(CC(C)(C)c2cccc(C#N)n2)c(Cl)n1. The Labute approximate surface area is 143 Å². The van der Waals surface area contributed by atoms with E-state index in [9.17, 15) is 0 Å². The van der Waals surface area contributed by atoms with Crippen molar-refractivity contribution in [2.45, 2.75) is 51.9 Å². The minimum absolute atomic E-state index is 0.0274. The molecule has 23 heavy (non-hydrogen) atoms. The number of hydrogen-bond acceptors (Lipinski definition) is 3. The van der Waals surface area contributed by atoms with Gasteiger partial charge in [0.1, 0.15) is 16.9 Å². The van der Waals surface area contributed by atoms with Crippen molar-refractivity contribution in [1.82, 2.24) is 9.97 Å². The third-order valence-corrected chi connectivity index (χ3v) is 4.21. The van der Waals surface area contributed by atoms with Gasteiger partial charge >= 0.3 is 0 Å². The van der Waals surface area contributed by atoms with Crippen LogP contribution in [0.2, 0.25) is 5.15 Å². The summed E-state index contributed by atoms with van der Waals surface area (Å²) in [4.78, 5) is 8.97. The van der Waals surface area contributed by atoms with E-state index in [1.807, 2.05) is 24.3 Å². The van der Waals surface area contributed by atoms with E-state index in [1.165, 1.54) is 0 Å². The first-order chi connectivity index (χ1) is 10.6. The second-order valence-corrected chi connectivity index (χ2v) is 7.83. The van der Waals surface area contributed by atoms with Gasteiger partial charge in [0.25, 0.3) is 0 Å². The van der Waals surface area contributed by atoms with Gasteiger partial charge in [0.2, 0.25) is 0 Å². The molecule has 0 radical (unpaired) electrons. The predicted octanol–water partition coefficient (Wildman–Crippen LogP) is 4.82. The molecule has 0 aromatic carbocycles. The van der Waals surface area contributed by atoms with Gasteiger partial charge in [0, 0.05) is 22.2 Å². The van der Waals surface area contributed by atoms with Gasteiger partial charge in [0.05, 0.1) is 0 Å². The highest BCUT2D eigenvalue weighted by Gasteiger charge is 2.25. The van der Waals surface area contributed by atoms with Gasteiger partial charge < -0.3 is 0 Å². The Kier molecular flexibility index (Phi) is 4.77. The Bertz CT molecular complexity index is 752. The smallest absolute Gasteiger partial charge is 0.140 e. The second-order valence-electron chi connectivity index (χ2n) is 7.48. The number of halogens is 1. The van der Waals surface area contributed by atoms with Crippen LogP contribution in [0.4, 0.5) is 0 Å². The molecular weight excluding hydrogens is 306 g/mol. The van der Waals surface area contributed by atoms with Gasteiger partial charge in [0.15, 0.2) is 0 Å². The highest BCUT2D eigenvalue weighted by atomic mass is 35.5. The molecule has 0 saturated carbocycles. The van der Waals surface area contributed by atoms with Crippen LogP contribution >= 0.6 is 11.6 Å². The van der Waals surface area contributed by atoms with E-state index in [1.54, 1.807) is 6.07 Å². The van der Waals surface area contributed by atoms with Gasteiger partial charge in [-0.2, -0.15) is 5.26 Å². The van der Waals surface area contributed by atoms with Gasteiger partial charge in [-0.1, -0.05) is 58.4 Å². The molecule has 3 nitrogen and oxygen atoms in total. The van der Waals surface area contributed by atoms with Gasteiger partial charge in [-0.15, -0.1) is 0 Å². The van der Waals surface area contributed by atoms with E-state index in [4.69, 9.17) is 16.9 Å². The largest absolute Gasteiger partial charge is 0.242 e. The van der Waals surface area contributed by atoms with Crippen molar-refractivity contribution in [3.63, 3.8) is 0 Å². The minimum atomic E-state index is -0.235. The molecule has 0 bridgehead atoms. The number of rotatable bonds is 3. The van der Waals surface area contributed by atoms with Gasteiger partial charge in [-0.25, -0.2) is 9.97 Å². The molecule has 0 spiro atoms. The lowest BCUT2D eigenvalue weighted by atomic mass is 9.82. The number of hydrogen-bond donors (Lipinski definition) is 0. The van der Waals surface area contributed by atoms with Crippen LogP contribution in [0, 0.1) is 11.3 Å². The van der Waals surface area contributed by atoms with Gasteiger partial charge in [-0.05, 0) is 30.2 Å². The van der Waals surface area contributed by atoms with Gasteiger partial charge in [-0.3, -0.25) is 0 Å². The lowest BCUT2D eigenvalue weighted by Gasteiger charge is -2.25. The molecule has 2 aromatic rings. The summed E-state index contributed by atoms with van der Waals surface area (Å²) in [7, 11) is 0. The molecule has 0 saturated heterocycles. The number of nitriles is 1. The maximum Gasteiger partial charge on any atom is 0.140 e. The molecule has 0 amide bonds. The highest BCUT2D eigenvalue weighted by molar-refractivity contribution is 6.30. The molecule has 0 atom stereocenters. The van der Waals surface area contributed by atoms with Crippen LogP contribution in [0.15, 0.2) is 30.3 Å². The number of aromatic nitrogens is 2. The van der Waals surface area contributed by atoms with E-state index in [0.717, 1.165) is 17.0 Å². The third-order valence-electron chi connectivity index (χ3n) is 3.88. The summed E-state index contributed by atoms with van der Waals surface area (Å²) < 4.78 is 0. The Morgan fingerprint density at radius 3 is 2.26 bits per heavy atom. The molecule has 2 aromatic heterocycles. The van der Waals surface area contributed by atoms with Crippen LogP contribution in [0.1, 0.15) is 57.3 Å². The Hall–Kier alpha value is -1.92. The summed E-state index contributed by atoms with van der Waals surface area (Å²) in [5, 5.41) is 9.57. The van der Waals surface area contributed by atoms with E-state index < -0.39 is 0 Å². The minimum Gasteiger partial charge on any atom is -0.242 e. The maximum absolute atomic E-state index is 9.02. The van der Waals surface area contributed by atoms with E-state index in [-0.39, 0.29) is 10.8 Å². The first-order valence-corrected chi connectivity index (χ1v) is 8.05. The van der Waals surface area contributed by atoms with E-state index >= 15 is 0 Å². The fourth-order valence-corrected chi connectivity index (χ4v) is 2.67. The normalized spacial score (nSPS) is 12.0.